The summed E-state index contributed by atoms with van der Waals surface area (Å²) in [6.45, 7) is 10.4. The number of para-hydroxylation sites is 1. The van der Waals surface area contributed by atoms with Crippen molar-refractivity contribution < 1.29 is 14.3 Å². The van der Waals surface area contributed by atoms with Crippen LogP contribution in [0.2, 0.25) is 0 Å². The Morgan fingerprint density at radius 1 is 1.07 bits per heavy atom. The van der Waals surface area contributed by atoms with E-state index in [2.05, 4.69) is 42.6 Å². The van der Waals surface area contributed by atoms with Gasteiger partial charge < -0.3 is 14.8 Å². The summed E-state index contributed by atoms with van der Waals surface area (Å²) in [4.78, 5) is 13.0. The zero-order valence-electron chi connectivity index (χ0n) is 18.5. The fraction of sp³-hybridized carbons (Fsp3) is 0.346. The van der Waals surface area contributed by atoms with Crippen molar-refractivity contribution in [3.63, 3.8) is 0 Å². The Labute approximate surface area is 179 Å². The molecule has 30 heavy (non-hydrogen) atoms. The first kappa shape index (κ1) is 21.7. The number of carbonyl (C=O) groups excluding carboxylic acids is 1. The van der Waals surface area contributed by atoms with Gasteiger partial charge in [-0.05, 0) is 45.7 Å². The maximum atomic E-state index is 13.0. The Hall–Kier alpha value is -3.01. The van der Waals surface area contributed by atoms with E-state index in [-0.39, 0.29) is 18.0 Å². The molecule has 2 atom stereocenters. The van der Waals surface area contributed by atoms with Crippen molar-refractivity contribution in [3.8, 4) is 5.75 Å². The maximum absolute atomic E-state index is 13.0. The van der Waals surface area contributed by atoms with Gasteiger partial charge in [0.05, 0.1) is 11.7 Å². The van der Waals surface area contributed by atoms with E-state index >= 15 is 0 Å². The summed E-state index contributed by atoms with van der Waals surface area (Å²) in [6.07, 6.45) is 2.72. The lowest BCUT2D eigenvalue weighted by molar-refractivity contribution is -0.143. The minimum Gasteiger partial charge on any atom is -0.489 e. The summed E-state index contributed by atoms with van der Waals surface area (Å²) in [5.41, 5.74) is 5.75. The molecule has 0 aromatic heterocycles. The molecular weight excluding hydrogens is 374 g/mol. The number of hydrogen-bond acceptors (Lipinski definition) is 4. The van der Waals surface area contributed by atoms with Gasteiger partial charge >= 0.3 is 5.97 Å². The number of nitrogens with one attached hydrogen (secondary N) is 1. The molecule has 0 saturated carbocycles. The zero-order chi connectivity index (χ0) is 21.7. The molecule has 4 heteroatoms. The number of rotatable bonds is 7. The molecule has 0 saturated heterocycles. The van der Waals surface area contributed by atoms with Crippen LogP contribution < -0.4 is 10.1 Å². The van der Waals surface area contributed by atoms with Gasteiger partial charge in [-0.3, -0.25) is 0 Å². The average Bonchev–Trinajstić information content (AvgIpc) is 2.72. The molecule has 4 nitrogen and oxygen atoms in total. The highest BCUT2D eigenvalue weighted by Crippen LogP contribution is 2.38. The van der Waals surface area contributed by atoms with E-state index in [9.17, 15) is 4.79 Å². The van der Waals surface area contributed by atoms with Crippen LogP contribution in [0.25, 0.3) is 0 Å². The summed E-state index contributed by atoms with van der Waals surface area (Å²) in [5, 5.41) is 3.28. The molecule has 1 aliphatic heterocycles. The van der Waals surface area contributed by atoms with Crippen molar-refractivity contribution >= 4 is 5.97 Å². The van der Waals surface area contributed by atoms with Gasteiger partial charge in [-0.2, -0.15) is 0 Å². The molecule has 0 radical (unpaired) electrons. The third-order valence-corrected chi connectivity index (χ3v) is 5.39. The Morgan fingerprint density at radius 3 is 2.47 bits per heavy atom. The van der Waals surface area contributed by atoms with Gasteiger partial charge in [0.15, 0.2) is 0 Å². The van der Waals surface area contributed by atoms with E-state index in [0.29, 0.717) is 12.2 Å². The molecule has 0 spiro atoms. The van der Waals surface area contributed by atoms with Crippen molar-refractivity contribution in [2.45, 2.75) is 59.7 Å². The highest BCUT2D eigenvalue weighted by atomic mass is 16.5. The number of hydrogen-bond donors (Lipinski definition) is 1. The van der Waals surface area contributed by atoms with E-state index in [1.807, 2.05) is 52.0 Å². The molecule has 2 aromatic carbocycles. The molecule has 0 amide bonds. The number of carbonyl (C=O) groups is 1. The van der Waals surface area contributed by atoms with Gasteiger partial charge in [-0.1, -0.05) is 61.0 Å². The topological polar surface area (TPSA) is 47.6 Å². The number of benzene rings is 2. The van der Waals surface area contributed by atoms with Crippen molar-refractivity contribution in [2.24, 2.45) is 0 Å². The van der Waals surface area contributed by atoms with Crippen LogP contribution >= 0.6 is 0 Å². The van der Waals surface area contributed by atoms with Crippen LogP contribution in [0.1, 0.15) is 56.7 Å². The smallest absolute Gasteiger partial charge is 0.336 e. The molecule has 1 heterocycles. The van der Waals surface area contributed by atoms with Crippen LogP contribution in [-0.2, 0) is 16.1 Å². The molecule has 2 aromatic rings. The largest absolute Gasteiger partial charge is 0.489 e. The summed E-state index contributed by atoms with van der Waals surface area (Å²) in [6, 6.07) is 16.2. The summed E-state index contributed by atoms with van der Waals surface area (Å²) in [5.74, 6) is 0.268. The fourth-order valence-corrected chi connectivity index (χ4v) is 3.54. The van der Waals surface area contributed by atoms with Gasteiger partial charge in [0.1, 0.15) is 12.4 Å². The van der Waals surface area contributed by atoms with Crippen LogP contribution in [-0.4, -0.2) is 12.1 Å². The summed E-state index contributed by atoms with van der Waals surface area (Å²) >= 11 is 0. The molecule has 2 unspecified atom stereocenters. The molecule has 1 aliphatic rings. The molecule has 1 N–H and O–H groups in total. The Kier molecular flexibility index (Phi) is 6.99. The third kappa shape index (κ3) is 5.12. The van der Waals surface area contributed by atoms with Crippen LogP contribution in [0.5, 0.6) is 5.75 Å². The second-order valence-corrected chi connectivity index (χ2v) is 7.93. The Balaban J connectivity index is 1.90. The standard InChI is InChI=1S/C26H31NO3/c1-6-19(4)30-26(28)25-20(5)27-18(3)15-23(25)22-9-7-8-10-24(22)29-16-21-13-11-17(2)12-14-21/h7-15,19,23,27H,6,16H2,1-5H3. The maximum Gasteiger partial charge on any atom is 0.336 e. The summed E-state index contributed by atoms with van der Waals surface area (Å²) < 4.78 is 11.9. The molecular formula is C26H31NO3. The number of esters is 1. The lowest BCUT2D eigenvalue weighted by Crippen LogP contribution is -2.27. The van der Waals surface area contributed by atoms with Crippen molar-refractivity contribution in [3.05, 3.63) is 88.3 Å². The van der Waals surface area contributed by atoms with Gasteiger partial charge in [0, 0.05) is 22.9 Å². The Bertz CT molecular complexity index is 956. The molecule has 0 bridgehead atoms. The SMILES string of the molecule is CCC(C)OC(=O)C1=C(C)NC(C)=CC1c1ccccc1OCc1ccc(C)cc1. The minimum atomic E-state index is -0.281. The summed E-state index contributed by atoms with van der Waals surface area (Å²) in [7, 11) is 0. The lowest BCUT2D eigenvalue weighted by atomic mass is 9.86. The predicted octanol–water partition coefficient (Wildman–Crippen LogP) is 5.78. The van der Waals surface area contributed by atoms with E-state index in [1.165, 1.54) is 5.56 Å². The van der Waals surface area contributed by atoms with Crippen LogP contribution in [0.3, 0.4) is 0 Å². The molecule has 0 aliphatic carbocycles. The van der Waals surface area contributed by atoms with Crippen molar-refractivity contribution in [1.82, 2.24) is 5.32 Å². The highest BCUT2D eigenvalue weighted by molar-refractivity contribution is 5.92. The number of ether oxygens (including phenoxy) is 2. The second kappa shape index (κ2) is 9.66. The first-order valence-electron chi connectivity index (χ1n) is 10.5. The number of allylic oxidation sites excluding steroid dienone is 3. The molecule has 158 valence electrons. The van der Waals surface area contributed by atoms with E-state index < -0.39 is 0 Å². The third-order valence-electron chi connectivity index (χ3n) is 5.39. The number of dihydropyridines is 1. The van der Waals surface area contributed by atoms with Crippen molar-refractivity contribution in [2.75, 3.05) is 0 Å². The monoisotopic (exact) mass is 405 g/mol. The first-order valence-corrected chi connectivity index (χ1v) is 10.5. The van der Waals surface area contributed by atoms with Crippen molar-refractivity contribution in [1.29, 1.82) is 0 Å². The zero-order valence-corrected chi connectivity index (χ0v) is 18.5. The fourth-order valence-electron chi connectivity index (χ4n) is 3.54. The normalized spacial score (nSPS) is 17.1. The van der Waals surface area contributed by atoms with Gasteiger partial charge in [-0.25, -0.2) is 4.79 Å². The number of aryl methyl sites for hydroxylation is 1. The van der Waals surface area contributed by atoms with E-state index in [1.54, 1.807) is 0 Å². The van der Waals surface area contributed by atoms with Gasteiger partial charge in [0.2, 0.25) is 0 Å². The Morgan fingerprint density at radius 2 is 1.77 bits per heavy atom. The minimum absolute atomic E-state index is 0.126. The second-order valence-electron chi connectivity index (χ2n) is 7.93. The van der Waals surface area contributed by atoms with E-state index in [0.717, 1.165) is 34.7 Å². The van der Waals surface area contributed by atoms with E-state index in [4.69, 9.17) is 9.47 Å². The van der Waals surface area contributed by atoms with Gasteiger partial charge in [-0.15, -0.1) is 0 Å². The average molecular weight is 406 g/mol. The van der Waals surface area contributed by atoms with Crippen LogP contribution in [0.15, 0.2) is 71.6 Å². The first-order chi connectivity index (χ1) is 14.4. The highest BCUT2D eigenvalue weighted by Gasteiger charge is 2.30. The predicted molar refractivity (Wildman–Crippen MR) is 120 cm³/mol. The lowest BCUT2D eigenvalue weighted by Gasteiger charge is -2.28. The van der Waals surface area contributed by atoms with Crippen LogP contribution in [0.4, 0.5) is 0 Å². The van der Waals surface area contributed by atoms with Crippen LogP contribution in [0, 0.1) is 6.92 Å². The quantitative estimate of drug-likeness (QED) is 0.593. The molecule has 0 fully saturated rings. The van der Waals surface area contributed by atoms with Gasteiger partial charge in [0.25, 0.3) is 0 Å². The molecule has 3 rings (SSSR count).